The second-order valence-corrected chi connectivity index (χ2v) is 10.8. The molecule has 1 aromatic heterocycles. The minimum absolute atomic E-state index is 0.0208. The highest BCUT2D eigenvalue weighted by Crippen LogP contribution is 2.33. The number of ether oxygens (including phenoxy) is 1. The third kappa shape index (κ3) is 5.23. The fraction of sp³-hybridized carbons (Fsp3) is 0.586. The van der Waals surface area contributed by atoms with Crippen LogP contribution in [0.15, 0.2) is 42.5 Å². The Morgan fingerprint density at radius 1 is 0.972 bits per heavy atom. The van der Waals surface area contributed by atoms with Crippen LogP contribution < -0.4 is 5.32 Å². The van der Waals surface area contributed by atoms with Crippen LogP contribution in [0.1, 0.15) is 62.4 Å². The highest BCUT2D eigenvalue weighted by atomic mass is 16.5. The van der Waals surface area contributed by atoms with Gasteiger partial charge in [0.25, 0.3) is 5.91 Å². The average Bonchev–Trinajstić information content (AvgIpc) is 3.15. The number of rotatable bonds is 7. The predicted octanol–water partition coefficient (Wildman–Crippen LogP) is 3.93. The molecule has 3 heterocycles. The van der Waals surface area contributed by atoms with Crippen LogP contribution in [0.25, 0.3) is 11.3 Å². The molecule has 3 aliphatic rings. The molecule has 0 unspecified atom stereocenters. The molecule has 1 N–H and O–H groups in total. The second kappa shape index (κ2) is 11.2. The van der Waals surface area contributed by atoms with E-state index in [-0.39, 0.29) is 17.9 Å². The number of nitrogens with one attached hydrogen (secondary N) is 1. The van der Waals surface area contributed by atoms with Crippen LogP contribution in [0.4, 0.5) is 0 Å². The molecule has 0 radical (unpaired) electrons. The van der Waals surface area contributed by atoms with E-state index in [9.17, 15) is 9.59 Å². The van der Waals surface area contributed by atoms with E-state index in [1.807, 2.05) is 42.2 Å². The van der Waals surface area contributed by atoms with Crippen molar-refractivity contribution in [1.29, 1.82) is 0 Å². The van der Waals surface area contributed by atoms with Gasteiger partial charge in [-0.05, 0) is 43.9 Å². The minimum Gasteiger partial charge on any atom is -0.379 e. The fourth-order valence-corrected chi connectivity index (χ4v) is 6.03. The number of carbonyl (C=O) groups is 2. The van der Waals surface area contributed by atoms with Gasteiger partial charge in [0.1, 0.15) is 11.2 Å². The van der Waals surface area contributed by atoms with Gasteiger partial charge >= 0.3 is 0 Å². The second-order valence-electron chi connectivity index (χ2n) is 10.8. The molecule has 7 nitrogen and oxygen atoms in total. The maximum Gasteiger partial charge on any atom is 0.271 e. The number of fused-ring (bicyclic) bond motifs is 1. The minimum atomic E-state index is -0.941. The van der Waals surface area contributed by atoms with Gasteiger partial charge in [-0.3, -0.25) is 14.5 Å². The van der Waals surface area contributed by atoms with Crippen molar-refractivity contribution in [3.63, 3.8) is 0 Å². The van der Waals surface area contributed by atoms with Crippen LogP contribution in [0.2, 0.25) is 0 Å². The number of nitrogens with zero attached hydrogens (tertiary/aromatic N) is 3. The largest absolute Gasteiger partial charge is 0.379 e. The molecule has 2 amide bonds. The van der Waals surface area contributed by atoms with Crippen molar-refractivity contribution in [2.24, 2.45) is 0 Å². The van der Waals surface area contributed by atoms with E-state index in [4.69, 9.17) is 4.74 Å². The first-order chi connectivity index (χ1) is 17.6. The maximum atomic E-state index is 14.0. The van der Waals surface area contributed by atoms with Crippen molar-refractivity contribution in [2.45, 2.75) is 70.0 Å². The Kier molecular flexibility index (Phi) is 7.77. The van der Waals surface area contributed by atoms with Gasteiger partial charge in [-0.15, -0.1) is 0 Å². The van der Waals surface area contributed by atoms with Gasteiger partial charge < -0.3 is 19.5 Å². The molecular formula is C29H40N4O3. The SMILES string of the molecule is C[C@]1(C(=O)NC2CCCCCC2)Cn2c(ccc2-c2ccccc2)C(=O)N1CCCN1CCOCC1. The number of hydrogen-bond donors (Lipinski definition) is 1. The van der Waals surface area contributed by atoms with E-state index in [2.05, 4.69) is 26.9 Å². The molecule has 1 atom stereocenters. The lowest BCUT2D eigenvalue weighted by Gasteiger charge is -2.45. The summed E-state index contributed by atoms with van der Waals surface area (Å²) in [7, 11) is 0. The van der Waals surface area contributed by atoms with E-state index >= 15 is 0 Å². The first-order valence-electron chi connectivity index (χ1n) is 13.7. The van der Waals surface area contributed by atoms with Crippen molar-refractivity contribution < 1.29 is 14.3 Å². The van der Waals surface area contributed by atoms with Crippen LogP contribution in [-0.4, -0.2) is 77.2 Å². The average molecular weight is 493 g/mol. The number of hydrogen-bond acceptors (Lipinski definition) is 4. The summed E-state index contributed by atoms with van der Waals surface area (Å²) in [4.78, 5) is 32.1. The molecule has 1 saturated carbocycles. The molecule has 0 bridgehead atoms. The zero-order valence-corrected chi connectivity index (χ0v) is 21.6. The van der Waals surface area contributed by atoms with Gasteiger partial charge in [0, 0.05) is 37.9 Å². The smallest absolute Gasteiger partial charge is 0.271 e. The van der Waals surface area contributed by atoms with E-state index in [1.165, 1.54) is 12.8 Å². The number of morpholine rings is 1. The highest BCUT2D eigenvalue weighted by Gasteiger charge is 2.48. The Labute approximate surface area is 214 Å². The Morgan fingerprint density at radius 2 is 1.67 bits per heavy atom. The Balaban J connectivity index is 1.40. The van der Waals surface area contributed by atoms with E-state index in [0.29, 0.717) is 18.8 Å². The number of aromatic nitrogens is 1. The van der Waals surface area contributed by atoms with Crippen LogP contribution in [-0.2, 0) is 16.1 Å². The molecule has 5 rings (SSSR count). The Hall–Kier alpha value is -2.64. The number of amides is 2. The normalized spacial score (nSPS) is 23.8. The van der Waals surface area contributed by atoms with Gasteiger partial charge in [-0.2, -0.15) is 0 Å². The lowest BCUT2D eigenvalue weighted by molar-refractivity contribution is -0.133. The van der Waals surface area contributed by atoms with Crippen molar-refractivity contribution in [1.82, 2.24) is 19.7 Å². The molecule has 1 saturated heterocycles. The zero-order valence-electron chi connectivity index (χ0n) is 21.6. The lowest BCUT2D eigenvalue weighted by atomic mass is 9.93. The molecule has 2 aliphatic heterocycles. The molecule has 2 aromatic rings. The van der Waals surface area contributed by atoms with Gasteiger partial charge in [0.05, 0.1) is 19.8 Å². The predicted molar refractivity (Wildman–Crippen MR) is 141 cm³/mol. The van der Waals surface area contributed by atoms with Gasteiger partial charge in [-0.25, -0.2) is 0 Å². The number of carbonyl (C=O) groups excluding carboxylic acids is 2. The molecular weight excluding hydrogens is 452 g/mol. The summed E-state index contributed by atoms with van der Waals surface area (Å²) < 4.78 is 7.53. The Morgan fingerprint density at radius 3 is 2.39 bits per heavy atom. The van der Waals surface area contributed by atoms with Crippen molar-refractivity contribution in [3.05, 3.63) is 48.2 Å². The molecule has 2 fully saturated rings. The molecule has 194 valence electrons. The summed E-state index contributed by atoms with van der Waals surface area (Å²) in [5, 5.41) is 3.37. The van der Waals surface area contributed by atoms with Crippen LogP contribution >= 0.6 is 0 Å². The van der Waals surface area contributed by atoms with Crippen LogP contribution in [0, 0.1) is 0 Å². The fourth-order valence-electron chi connectivity index (χ4n) is 6.03. The summed E-state index contributed by atoms with van der Waals surface area (Å²) in [6, 6.07) is 14.3. The Bertz CT molecular complexity index is 1040. The lowest BCUT2D eigenvalue weighted by Crippen LogP contribution is -2.65. The van der Waals surface area contributed by atoms with Gasteiger partial charge in [0.15, 0.2) is 0 Å². The summed E-state index contributed by atoms with van der Waals surface area (Å²) >= 11 is 0. The molecule has 1 aromatic carbocycles. The van der Waals surface area contributed by atoms with E-state index in [1.54, 1.807) is 0 Å². The number of benzene rings is 1. The first kappa shape index (κ1) is 25.0. The quantitative estimate of drug-likeness (QED) is 0.595. The van der Waals surface area contributed by atoms with Crippen molar-refractivity contribution in [2.75, 3.05) is 39.4 Å². The maximum absolute atomic E-state index is 14.0. The molecule has 1 aliphatic carbocycles. The standard InChI is InChI=1S/C29H40N4O3/c1-29(28(35)30-24-12-7-2-3-8-13-24)22-32-25(23-10-5-4-6-11-23)14-15-26(32)27(34)33(29)17-9-16-31-18-20-36-21-19-31/h4-6,10-11,14-15,24H,2-3,7-9,12-13,16-22H2,1H3,(H,30,35)/t29-/m1/s1. The van der Waals surface area contributed by atoms with Crippen molar-refractivity contribution >= 4 is 11.8 Å². The summed E-state index contributed by atoms with van der Waals surface area (Å²) in [5.74, 6) is -0.0728. The van der Waals surface area contributed by atoms with Gasteiger partial charge in [0.2, 0.25) is 5.91 Å². The topological polar surface area (TPSA) is 66.8 Å². The van der Waals surface area contributed by atoms with E-state index < -0.39 is 5.54 Å². The highest BCUT2D eigenvalue weighted by molar-refractivity contribution is 6.00. The zero-order chi connectivity index (χ0) is 25.0. The monoisotopic (exact) mass is 492 g/mol. The van der Waals surface area contributed by atoms with Crippen molar-refractivity contribution in [3.8, 4) is 11.3 Å². The molecule has 0 spiro atoms. The van der Waals surface area contributed by atoms with E-state index in [0.717, 1.165) is 76.2 Å². The third-order valence-electron chi connectivity index (χ3n) is 8.22. The summed E-state index contributed by atoms with van der Waals surface area (Å²) in [6.45, 7) is 7.28. The molecule has 7 heteroatoms. The third-order valence-corrected chi connectivity index (χ3v) is 8.22. The molecule has 36 heavy (non-hydrogen) atoms. The van der Waals surface area contributed by atoms with Crippen LogP contribution in [0.5, 0.6) is 0 Å². The first-order valence-corrected chi connectivity index (χ1v) is 13.7. The van der Waals surface area contributed by atoms with Gasteiger partial charge in [-0.1, -0.05) is 56.0 Å². The van der Waals surface area contributed by atoms with Crippen LogP contribution in [0.3, 0.4) is 0 Å². The summed E-state index contributed by atoms with van der Waals surface area (Å²) in [5.41, 5.74) is 1.77. The summed E-state index contributed by atoms with van der Waals surface area (Å²) in [6.07, 6.45) is 7.68.